The molecule has 0 bridgehead atoms. The Labute approximate surface area is 162 Å². The average Bonchev–Trinajstić information content (AvgIpc) is 2.71. The zero-order valence-corrected chi connectivity index (χ0v) is 15.5. The van der Waals surface area contributed by atoms with Crippen molar-refractivity contribution in [2.75, 3.05) is 36.4 Å². The highest BCUT2D eigenvalue weighted by atomic mass is 19.1. The summed E-state index contributed by atoms with van der Waals surface area (Å²) in [6.07, 6.45) is 0. The van der Waals surface area contributed by atoms with Crippen LogP contribution in [0.1, 0.15) is 6.92 Å². The fourth-order valence-corrected chi connectivity index (χ4v) is 3.00. The summed E-state index contributed by atoms with van der Waals surface area (Å²) in [5.41, 5.74) is 0.576. The van der Waals surface area contributed by atoms with E-state index < -0.39 is 29.3 Å². The van der Waals surface area contributed by atoms with Gasteiger partial charge < -0.3 is 20.4 Å². The van der Waals surface area contributed by atoms with E-state index in [2.05, 4.69) is 15.5 Å². The third-order valence-corrected chi connectivity index (χ3v) is 4.63. The van der Waals surface area contributed by atoms with E-state index in [4.69, 9.17) is 0 Å². The van der Waals surface area contributed by atoms with E-state index in [0.29, 0.717) is 26.2 Å². The van der Waals surface area contributed by atoms with E-state index >= 15 is 0 Å². The van der Waals surface area contributed by atoms with Crippen LogP contribution in [0.15, 0.2) is 48.5 Å². The highest BCUT2D eigenvalue weighted by Gasteiger charge is 2.25. The average molecular weight is 388 g/mol. The predicted molar refractivity (Wildman–Crippen MR) is 103 cm³/mol. The molecule has 6 nitrogen and oxygen atoms in total. The Morgan fingerprint density at radius 3 is 2.14 bits per heavy atom. The Bertz CT molecular complexity index is 819. The van der Waals surface area contributed by atoms with Crippen molar-refractivity contribution in [1.29, 1.82) is 0 Å². The molecule has 2 N–H and O–H groups in total. The molecule has 1 saturated heterocycles. The van der Waals surface area contributed by atoms with Crippen molar-refractivity contribution in [3.8, 4) is 0 Å². The highest BCUT2D eigenvalue weighted by Crippen LogP contribution is 2.18. The minimum atomic E-state index is -0.946. The fraction of sp³-hybridized carbons (Fsp3) is 0.300. The maximum Gasteiger partial charge on any atom is 0.318 e. The van der Waals surface area contributed by atoms with E-state index in [-0.39, 0.29) is 6.03 Å². The monoisotopic (exact) mass is 388 g/mol. The van der Waals surface area contributed by atoms with Crippen molar-refractivity contribution < 1.29 is 18.4 Å². The quantitative estimate of drug-likeness (QED) is 0.847. The van der Waals surface area contributed by atoms with Gasteiger partial charge in [-0.3, -0.25) is 4.79 Å². The molecular weight excluding hydrogens is 366 g/mol. The Kier molecular flexibility index (Phi) is 6.08. The van der Waals surface area contributed by atoms with Gasteiger partial charge in [0.15, 0.2) is 0 Å². The Morgan fingerprint density at radius 1 is 0.929 bits per heavy atom. The summed E-state index contributed by atoms with van der Waals surface area (Å²) in [7, 11) is 0. The molecular formula is C20H22F2N4O2. The Balaban J connectivity index is 1.51. The minimum absolute atomic E-state index is 0.385. The summed E-state index contributed by atoms with van der Waals surface area (Å²) >= 11 is 0. The number of urea groups is 1. The second-order valence-electron chi connectivity index (χ2n) is 6.57. The lowest BCUT2D eigenvalue weighted by atomic mass is 10.2. The van der Waals surface area contributed by atoms with Gasteiger partial charge in [-0.1, -0.05) is 24.3 Å². The molecule has 28 heavy (non-hydrogen) atoms. The zero-order valence-electron chi connectivity index (χ0n) is 15.5. The summed E-state index contributed by atoms with van der Waals surface area (Å²) in [4.78, 5) is 28.4. The second-order valence-corrected chi connectivity index (χ2v) is 6.57. The van der Waals surface area contributed by atoms with Gasteiger partial charge >= 0.3 is 6.03 Å². The number of rotatable bonds is 4. The van der Waals surface area contributed by atoms with Crippen LogP contribution in [0.3, 0.4) is 0 Å². The number of nitrogens with zero attached hydrogens (tertiary/aromatic N) is 2. The van der Waals surface area contributed by atoms with E-state index in [9.17, 15) is 18.4 Å². The maximum atomic E-state index is 13.6. The van der Waals surface area contributed by atoms with Crippen LogP contribution >= 0.6 is 0 Å². The van der Waals surface area contributed by atoms with Crippen molar-refractivity contribution >= 4 is 23.3 Å². The van der Waals surface area contributed by atoms with E-state index in [1.165, 1.54) is 13.0 Å². The zero-order chi connectivity index (χ0) is 20.1. The smallest absolute Gasteiger partial charge is 0.318 e. The van der Waals surface area contributed by atoms with Crippen molar-refractivity contribution in [2.45, 2.75) is 13.0 Å². The molecule has 0 radical (unpaired) electrons. The van der Waals surface area contributed by atoms with E-state index in [1.807, 2.05) is 30.3 Å². The summed E-state index contributed by atoms with van der Waals surface area (Å²) in [5, 5.41) is 4.76. The molecule has 0 aliphatic carbocycles. The van der Waals surface area contributed by atoms with Crippen LogP contribution in [0, 0.1) is 11.6 Å². The van der Waals surface area contributed by atoms with Gasteiger partial charge in [-0.15, -0.1) is 0 Å². The molecule has 148 valence electrons. The van der Waals surface area contributed by atoms with Crippen LogP contribution in [0.2, 0.25) is 0 Å². The number of halogens is 2. The molecule has 1 atom stereocenters. The number of hydrogen-bond acceptors (Lipinski definition) is 3. The number of anilines is 2. The topological polar surface area (TPSA) is 64.7 Å². The molecule has 0 saturated carbocycles. The van der Waals surface area contributed by atoms with Crippen LogP contribution < -0.4 is 15.5 Å². The lowest BCUT2D eigenvalue weighted by molar-refractivity contribution is -0.117. The van der Waals surface area contributed by atoms with Gasteiger partial charge in [0.2, 0.25) is 5.91 Å². The van der Waals surface area contributed by atoms with Crippen molar-refractivity contribution in [2.24, 2.45) is 0 Å². The molecule has 0 aromatic heterocycles. The van der Waals surface area contributed by atoms with Crippen LogP contribution in [-0.4, -0.2) is 49.1 Å². The molecule has 1 fully saturated rings. The number of hydrogen-bond donors (Lipinski definition) is 2. The van der Waals surface area contributed by atoms with Crippen LogP contribution in [-0.2, 0) is 4.79 Å². The summed E-state index contributed by atoms with van der Waals surface area (Å²) in [6, 6.07) is 11.9. The third-order valence-electron chi connectivity index (χ3n) is 4.63. The fourth-order valence-electron chi connectivity index (χ4n) is 3.00. The van der Waals surface area contributed by atoms with Crippen molar-refractivity contribution in [1.82, 2.24) is 10.2 Å². The summed E-state index contributed by atoms with van der Waals surface area (Å²) in [5.74, 6) is -2.44. The van der Waals surface area contributed by atoms with Gasteiger partial charge in [0, 0.05) is 31.9 Å². The SMILES string of the molecule is CC(NC(=O)N1CCN(c2ccccc2)CC1)C(=O)Nc1c(F)cccc1F. The minimum Gasteiger partial charge on any atom is -0.368 e. The number of para-hydroxylation sites is 2. The normalized spacial score (nSPS) is 15.1. The number of piperazine rings is 1. The summed E-state index contributed by atoms with van der Waals surface area (Å²) < 4.78 is 27.3. The van der Waals surface area contributed by atoms with Crippen molar-refractivity contribution in [3.63, 3.8) is 0 Å². The van der Waals surface area contributed by atoms with Crippen LogP contribution in [0.25, 0.3) is 0 Å². The van der Waals surface area contributed by atoms with Gasteiger partial charge in [-0.05, 0) is 31.2 Å². The third kappa shape index (κ3) is 4.57. The second kappa shape index (κ2) is 8.69. The molecule has 3 amide bonds. The highest BCUT2D eigenvalue weighted by molar-refractivity contribution is 5.96. The van der Waals surface area contributed by atoms with Gasteiger partial charge in [-0.25, -0.2) is 13.6 Å². The first-order valence-corrected chi connectivity index (χ1v) is 9.06. The van der Waals surface area contributed by atoms with E-state index in [1.54, 1.807) is 4.90 Å². The maximum absolute atomic E-state index is 13.6. The van der Waals surface area contributed by atoms with Crippen molar-refractivity contribution in [3.05, 3.63) is 60.2 Å². The lowest BCUT2D eigenvalue weighted by Gasteiger charge is -2.36. The largest absolute Gasteiger partial charge is 0.368 e. The van der Waals surface area contributed by atoms with Crippen LogP contribution in [0.4, 0.5) is 25.0 Å². The first kappa shape index (κ1) is 19.6. The number of carbonyl (C=O) groups is 2. The first-order chi connectivity index (χ1) is 13.5. The lowest BCUT2D eigenvalue weighted by Crippen LogP contribution is -2.54. The molecule has 8 heteroatoms. The molecule has 2 aromatic rings. The van der Waals surface area contributed by atoms with Crippen LogP contribution in [0.5, 0.6) is 0 Å². The number of nitrogens with one attached hydrogen (secondary N) is 2. The molecule has 3 rings (SSSR count). The standard InChI is InChI=1S/C20H22F2N4O2/c1-14(19(27)24-18-16(21)8-5-9-17(18)22)23-20(28)26-12-10-25(11-13-26)15-6-3-2-4-7-15/h2-9,14H,10-13H2,1H3,(H,23,28)(H,24,27). The number of amides is 3. The van der Waals surface area contributed by atoms with Gasteiger partial charge in [0.1, 0.15) is 23.4 Å². The first-order valence-electron chi connectivity index (χ1n) is 9.06. The van der Waals surface area contributed by atoms with Gasteiger partial charge in [0.05, 0.1) is 0 Å². The molecule has 1 aliphatic heterocycles. The molecule has 1 heterocycles. The predicted octanol–water partition coefficient (Wildman–Crippen LogP) is 2.82. The summed E-state index contributed by atoms with van der Waals surface area (Å²) in [6.45, 7) is 3.84. The number of carbonyl (C=O) groups excluding carboxylic acids is 2. The van der Waals surface area contributed by atoms with Gasteiger partial charge in [0.25, 0.3) is 0 Å². The molecule has 2 aromatic carbocycles. The molecule has 0 spiro atoms. The van der Waals surface area contributed by atoms with Gasteiger partial charge in [-0.2, -0.15) is 0 Å². The number of benzene rings is 2. The molecule has 1 aliphatic rings. The molecule has 1 unspecified atom stereocenters. The van der Waals surface area contributed by atoms with E-state index in [0.717, 1.165) is 17.8 Å². The Morgan fingerprint density at radius 2 is 1.54 bits per heavy atom. The Hall–Kier alpha value is -3.16.